The second-order valence-corrected chi connectivity index (χ2v) is 6.04. The van der Waals surface area contributed by atoms with Gasteiger partial charge in [0.25, 0.3) is 0 Å². The van der Waals surface area contributed by atoms with Gasteiger partial charge in [0.2, 0.25) is 5.91 Å². The zero-order valence-corrected chi connectivity index (χ0v) is 12.1. The molecule has 0 radical (unpaired) electrons. The standard InChI is InChI=1S/C17H25NO/c1-3-4-13-5-10-16(12(2)11-13)14-6-8-15(9-7-14)17(18)19/h6-9,12-13,16H,3-5,10-11H2,1-2H3,(H2,18,19). The summed E-state index contributed by atoms with van der Waals surface area (Å²) < 4.78 is 0. The Balaban J connectivity index is 2.04. The van der Waals surface area contributed by atoms with Crippen LogP contribution >= 0.6 is 0 Å². The molecule has 2 heteroatoms. The monoisotopic (exact) mass is 259 g/mol. The minimum Gasteiger partial charge on any atom is -0.366 e. The second-order valence-electron chi connectivity index (χ2n) is 6.04. The van der Waals surface area contributed by atoms with Crippen molar-refractivity contribution < 1.29 is 4.79 Å². The molecule has 0 spiro atoms. The van der Waals surface area contributed by atoms with E-state index in [1.165, 1.54) is 37.7 Å². The average molecular weight is 259 g/mol. The third-order valence-corrected chi connectivity index (χ3v) is 4.60. The lowest BCUT2D eigenvalue weighted by atomic mass is 9.71. The molecule has 1 aromatic carbocycles. The number of amides is 1. The topological polar surface area (TPSA) is 43.1 Å². The second kappa shape index (κ2) is 6.23. The van der Waals surface area contributed by atoms with Crippen molar-refractivity contribution in [3.63, 3.8) is 0 Å². The summed E-state index contributed by atoms with van der Waals surface area (Å²) in [5.41, 5.74) is 7.26. The van der Waals surface area contributed by atoms with Crippen LogP contribution in [0.5, 0.6) is 0 Å². The fourth-order valence-electron chi connectivity index (χ4n) is 3.57. The SMILES string of the molecule is CCCC1CCC(c2ccc(C(N)=O)cc2)C(C)C1. The molecular formula is C17H25NO. The Hall–Kier alpha value is -1.31. The maximum Gasteiger partial charge on any atom is 0.248 e. The van der Waals surface area contributed by atoms with Crippen molar-refractivity contribution in [2.24, 2.45) is 17.6 Å². The zero-order chi connectivity index (χ0) is 13.8. The first-order valence-electron chi connectivity index (χ1n) is 7.51. The molecule has 19 heavy (non-hydrogen) atoms. The number of benzene rings is 1. The fraction of sp³-hybridized carbons (Fsp3) is 0.588. The normalized spacial score (nSPS) is 27.2. The van der Waals surface area contributed by atoms with Gasteiger partial charge < -0.3 is 5.73 Å². The summed E-state index contributed by atoms with van der Waals surface area (Å²) in [6.07, 6.45) is 6.64. The third-order valence-electron chi connectivity index (χ3n) is 4.60. The lowest BCUT2D eigenvalue weighted by Gasteiger charge is -2.34. The number of hydrogen-bond donors (Lipinski definition) is 1. The van der Waals surface area contributed by atoms with Gasteiger partial charge in [-0.3, -0.25) is 4.79 Å². The Labute approximate surface area is 116 Å². The van der Waals surface area contributed by atoms with E-state index in [1.807, 2.05) is 12.1 Å². The highest BCUT2D eigenvalue weighted by atomic mass is 16.1. The summed E-state index contributed by atoms with van der Waals surface area (Å²) in [5.74, 6) is 1.96. The number of nitrogens with two attached hydrogens (primary N) is 1. The van der Waals surface area contributed by atoms with Crippen molar-refractivity contribution in [2.45, 2.75) is 51.9 Å². The Kier molecular flexibility index (Phi) is 4.62. The van der Waals surface area contributed by atoms with Gasteiger partial charge in [-0.25, -0.2) is 0 Å². The molecule has 104 valence electrons. The maximum atomic E-state index is 11.1. The minimum absolute atomic E-state index is 0.341. The van der Waals surface area contributed by atoms with Crippen molar-refractivity contribution in [2.75, 3.05) is 0 Å². The van der Waals surface area contributed by atoms with Gasteiger partial charge in [-0.1, -0.05) is 38.8 Å². The predicted octanol–water partition coefficient (Wildman–Crippen LogP) is 4.11. The number of hydrogen-bond acceptors (Lipinski definition) is 1. The van der Waals surface area contributed by atoms with Gasteiger partial charge >= 0.3 is 0 Å². The van der Waals surface area contributed by atoms with Gasteiger partial charge in [0.15, 0.2) is 0 Å². The number of carbonyl (C=O) groups excluding carboxylic acids is 1. The lowest BCUT2D eigenvalue weighted by molar-refractivity contribution is 0.100. The quantitative estimate of drug-likeness (QED) is 0.869. The van der Waals surface area contributed by atoms with Crippen LogP contribution in [-0.2, 0) is 0 Å². The first-order valence-corrected chi connectivity index (χ1v) is 7.51. The molecule has 1 aromatic rings. The van der Waals surface area contributed by atoms with Gasteiger partial charge in [-0.2, -0.15) is 0 Å². The summed E-state index contributed by atoms with van der Waals surface area (Å²) >= 11 is 0. The van der Waals surface area contributed by atoms with E-state index in [1.54, 1.807) is 0 Å². The molecule has 1 aliphatic carbocycles. The first kappa shape index (κ1) is 14.1. The molecule has 0 saturated heterocycles. The molecule has 3 atom stereocenters. The van der Waals surface area contributed by atoms with Crippen LogP contribution in [0, 0.1) is 11.8 Å². The van der Waals surface area contributed by atoms with Crippen LogP contribution in [0.3, 0.4) is 0 Å². The average Bonchev–Trinajstić information content (AvgIpc) is 2.39. The summed E-state index contributed by atoms with van der Waals surface area (Å²) in [6, 6.07) is 7.90. The lowest BCUT2D eigenvalue weighted by Crippen LogP contribution is -2.21. The van der Waals surface area contributed by atoms with Crippen molar-refractivity contribution in [3.05, 3.63) is 35.4 Å². The summed E-state index contributed by atoms with van der Waals surface area (Å²) in [4.78, 5) is 11.1. The van der Waals surface area contributed by atoms with E-state index in [9.17, 15) is 4.79 Å². The summed E-state index contributed by atoms with van der Waals surface area (Å²) in [5, 5.41) is 0. The highest BCUT2D eigenvalue weighted by Gasteiger charge is 2.28. The highest BCUT2D eigenvalue weighted by molar-refractivity contribution is 5.92. The molecule has 0 aromatic heterocycles. The van der Waals surface area contributed by atoms with Crippen LogP contribution in [0.2, 0.25) is 0 Å². The Bertz CT molecular complexity index is 423. The van der Waals surface area contributed by atoms with Gasteiger partial charge in [0, 0.05) is 5.56 Å². The number of primary amides is 1. The van der Waals surface area contributed by atoms with Gasteiger partial charge in [-0.05, 0) is 54.7 Å². The molecule has 0 aliphatic heterocycles. The van der Waals surface area contributed by atoms with E-state index in [0.29, 0.717) is 11.5 Å². The van der Waals surface area contributed by atoms with E-state index in [2.05, 4.69) is 26.0 Å². The number of rotatable bonds is 4. The highest BCUT2D eigenvalue weighted by Crippen LogP contribution is 2.41. The van der Waals surface area contributed by atoms with E-state index in [-0.39, 0.29) is 5.91 Å². The molecule has 0 heterocycles. The van der Waals surface area contributed by atoms with Gasteiger partial charge in [0.05, 0.1) is 0 Å². The van der Waals surface area contributed by atoms with E-state index < -0.39 is 0 Å². The van der Waals surface area contributed by atoms with E-state index in [0.717, 1.165) is 11.8 Å². The minimum atomic E-state index is -0.341. The Morgan fingerprint density at radius 3 is 2.47 bits per heavy atom. The van der Waals surface area contributed by atoms with Crippen LogP contribution in [-0.4, -0.2) is 5.91 Å². The molecule has 1 fully saturated rings. The molecule has 1 aliphatic rings. The first-order chi connectivity index (χ1) is 9.11. The molecule has 0 bridgehead atoms. The molecule has 2 N–H and O–H groups in total. The van der Waals surface area contributed by atoms with Crippen molar-refractivity contribution in [1.29, 1.82) is 0 Å². The largest absolute Gasteiger partial charge is 0.366 e. The molecule has 2 rings (SSSR count). The molecule has 2 nitrogen and oxygen atoms in total. The van der Waals surface area contributed by atoms with Gasteiger partial charge in [-0.15, -0.1) is 0 Å². The fourth-order valence-corrected chi connectivity index (χ4v) is 3.57. The predicted molar refractivity (Wildman–Crippen MR) is 79.1 cm³/mol. The van der Waals surface area contributed by atoms with E-state index >= 15 is 0 Å². The molecular weight excluding hydrogens is 234 g/mol. The van der Waals surface area contributed by atoms with Crippen LogP contribution in [0.15, 0.2) is 24.3 Å². The molecule has 1 saturated carbocycles. The van der Waals surface area contributed by atoms with Crippen LogP contribution in [0.1, 0.15) is 67.8 Å². The van der Waals surface area contributed by atoms with Crippen LogP contribution in [0.4, 0.5) is 0 Å². The number of carbonyl (C=O) groups is 1. The van der Waals surface area contributed by atoms with Crippen molar-refractivity contribution in [1.82, 2.24) is 0 Å². The molecule has 3 unspecified atom stereocenters. The smallest absolute Gasteiger partial charge is 0.248 e. The summed E-state index contributed by atoms with van der Waals surface area (Å²) in [6.45, 7) is 4.65. The maximum absolute atomic E-state index is 11.1. The zero-order valence-electron chi connectivity index (χ0n) is 12.1. The molecule has 1 amide bonds. The van der Waals surface area contributed by atoms with Crippen LogP contribution in [0.25, 0.3) is 0 Å². The van der Waals surface area contributed by atoms with Crippen molar-refractivity contribution >= 4 is 5.91 Å². The van der Waals surface area contributed by atoms with E-state index in [4.69, 9.17) is 5.73 Å². The Morgan fingerprint density at radius 1 is 1.26 bits per heavy atom. The summed E-state index contributed by atoms with van der Waals surface area (Å²) in [7, 11) is 0. The third kappa shape index (κ3) is 3.37. The van der Waals surface area contributed by atoms with Crippen LogP contribution < -0.4 is 5.73 Å². The van der Waals surface area contributed by atoms with Crippen molar-refractivity contribution in [3.8, 4) is 0 Å². The Morgan fingerprint density at radius 2 is 1.95 bits per heavy atom. The van der Waals surface area contributed by atoms with Gasteiger partial charge in [0.1, 0.15) is 0 Å².